The molecule has 0 aliphatic heterocycles. The lowest BCUT2D eigenvalue weighted by Gasteiger charge is -2.18. The number of hydrogen-bond acceptors (Lipinski definition) is 6. The van der Waals surface area contributed by atoms with E-state index in [0.717, 1.165) is 83.5 Å². The quantitative estimate of drug-likeness (QED) is 0.0261. The van der Waals surface area contributed by atoms with Gasteiger partial charge in [-0.1, -0.05) is 320 Å². The Hall–Kier alpha value is -2.37. The molecular weight excluding hydrogens is 937 g/mol. The molecule has 0 amide bonds. The van der Waals surface area contributed by atoms with Gasteiger partial charge in [0.05, 0.1) is 0 Å². The lowest BCUT2D eigenvalue weighted by molar-refractivity contribution is -0.167. The molecule has 0 aliphatic carbocycles. The topological polar surface area (TPSA) is 78.9 Å². The Bertz CT molecular complexity index is 1270. The molecule has 0 fully saturated rings. The summed E-state index contributed by atoms with van der Waals surface area (Å²) in [5, 5.41) is 0. The minimum atomic E-state index is -0.781. The fourth-order valence-electron chi connectivity index (χ4n) is 10.2. The van der Waals surface area contributed by atoms with E-state index in [1.54, 1.807) is 0 Å². The van der Waals surface area contributed by atoms with Gasteiger partial charge in [0.25, 0.3) is 0 Å². The van der Waals surface area contributed by atoms with Gasteiger partial charge in [-0.15, -0.1) is 0 Å². The molecule has 1 atom stereocenters. The summed E-state index contributed by atoms with van der Waals surface area (Å²) in [5.41, 5.74) is 0. The van der Waals surface area contributed by atoms with Crippen LogP contribution in [0.5, 0.6) is 0 Å². The number of carbonyl (C=O) groups excluding carboxylic acids is 3. The summed E-state index contributed by atoms with van der Waals surface area (Å²) in [7, 11) is 0. The van der Waals surface area contributed by atoms with Crippen molar-refractivity contribution in [1.29, 1.82) is 0 Å². The van der Waals surface area contributed by atoms with Crippen molar-refractivity contribution in [2.24, 2.45) is 0 Å². The smallest absolute Gasteiger partial charge is 0.306 e. The molecule has 0 heterocycles. The van der Waals surface area contributed by atoms with E-state index in [9.17, 15) is 14.4 Å². The van der Waals surface area contributed by atoms with Gasteiger partial charge in [0.1, 0.15) is 13.2 Å². The minimum absolute atomic E-state index is 0.0760. The van der Waals surface area contributed by atoms with E-state index in [-0.39, 0.29) is 31.1 Å². The van der Waals surface area contributed by atoms with Gasteiger partial charge in [-0.3, -0.25) is 14.4 Å². The molecule has 6 nitrogen and oxygen atoms in total. The Morgan fingerprint density at radius 1 is 0.263 bits per heavy atom. The van der Waals surface area contributed by atoms with E-state index < -0.39 is 6.10 Å². The van der Waals surface area contributed by atoms with Crippen LogP contribution in [0.25, 0.3) is 0 Å². The number of hydrogen-bond donors (Lipinski definition) is 0. The van der Waals surface area contributed by atoms with E-state index in [1.807, 2.05) is 0 Å². The first-order valence-corrected chi connectivity index (χ1v) is 34.0. The molecule has 0 N–H and O–H groups in total. The summed E-state index contributed by atoms with van der Waals surface area (Å²) in [4.78, 5) is 38.3. The lowest BCUT2D eigenvalue weighted by Crippen LogP contribution is -2.30. The second kappa shape index (κ2) is 65.2. The van der Waals surface area contributed by atoms with Crippen molar-refractivity contribution >= 4 is 17.9 Å². The first-order valence-electron chi connectivity index (χ1n) is 34.0. The van der Waals surface area contributed by atoms with Gasteiger partial charge >= 0.3 is 17.9 Å². The third-order valence-corrected chi connectivity index (χ3v) is 15.4. The Morgan fingerprint density at radius 2 is 0.487 bits per heavy atom. The fraction of sp³-hybridized carbons (Fsp3) is 0.871. The number of carbonyl (C=O) groups is 3. The van der Waals surface area contributed by atoms with Gasteiger partial charge in [0.2, 0.25) is 0 Å². The van der Waals surface area contributed by atoms with Crippen LogP contribution in [0.1, 0.15) is 374 Å². The molecule has 0 bridgehead atoms. The lowest BCUT2D eigenvalue weighted by atomic mass is 10.0. The monoisotopic (exact) mass is 1070 g/mol. The van der Waals surface area contributed by atoms with Crippen molar-refractivity contribution in [2.75, 3.05) is 13.2 Å². The molecule has 446 valence electrons. The largest absolute Gasteiger partial charge is 0.462 e. The fourth-order valence-corrected chi connectivity index (χ4v) is 10.2. The van der Waals surface area contributed by atoms with Crippen molar-refractivity contribution in [2.45, 2.75) is 380 Å². The second-order valence-corrected chi connectivity index (χ2v) is 23.1. The van der Waals surface area contributed by atoms with Crippen LogP contribution in [-0.4, -0.2) is 37.2 Å². The summed E-state index contributed by atoms with van der Waals surface area (Å²) in [5.74, 6) is -0.876. The molecule has 0 rings (SSSR count). The number of ether oxygens (including phenoxy) is 3. The van der Waals surface area contributed by atoms with Gasteiger partial charge in [-0.05, 0) is 70.6 Å². The molecule has 0 saturated heterocycles. The van der Waals surface area contributed by atoms with E-state index in [0.29, 0.717) is 19.3 Å². The highest BCUT2D eigenvalue weighted by atomic mass is 16.6. The van der Waals surface area contributed by atoms with Crippen molar-refractivity contribution in [3.8, 4) is 0 Å². The van der Waals surface area contributed by atoms with Crippen LogP contribution in [0.15, 0.2) is 36.5 Å². The second-order valence-electron chi connectivity index (χ2n) is 23.1. The normalized spacial score (nSPS) is 12.2. The van der Waals surface area contributed by atoms with E-state index in [4.69, 9.17) is 14.2 Å². The Labute approximate surface area is 474 Å². The molecule has 0 aromatic heterocycles. The molecule has 0 spiro atoms. The van der Waals surface area contributed by atoms with Gasteiger partial charge < -0.3 is 14.2 Å². The van der Waals surface area contributed by atoms with Crippen LogP contribution in [0.3, 0.4) is 0 Å². The Balaban J connectivity index is 4.16. The summed E-state index contributed by atoms with van der Waals surface area (Å²) in [6.07, 6.45) is 80.4. The number of allylic oxidation sites excluding steroid dienone is 6. The minimum Gasteiger partial charge on any atom is -0.462 e. The third-order valence-electron chi connectivity index (χ3n) is 15.4. The van der Waals surface area contributed by atoms with Crippen LogP contribution in [0, 0.1) is 0 Å². The maximum atomic E-state index is 12.9. The highest BCUT2D eigenvalue weighted by molar-refractivity contribution is 5.71. The Kier molecular flexibility index (Phi) is 63.1. The molecule has 0 aromatic carbocycles. The number of rotatable bonds is 63. The first-order chi connectivity index (χ1) is 37.5. The molecule has 0 saturated carbocycles. The molecule has 0 aliphatic rings. The van der Waals surface area contributed by atoms with Gasteiger partial charge in [0.15, 0.2) is 6.10 Å². The van der Waals surface area contributed by atoms with Crippen molar-refractivity contribution in [3.05, 3.63) is 36.5 Å². The SMILES string of the molecule is CCCC/C=C\C/C=C\CCCCCCCC(=O)OCC(COC(=O)CCCCCCCCCCCCCCCCCCCCCCCCCCCCCCC)OC(=O)CCCCCCC/C=C\CCCCCCCC. The zero-order chi connectivity index (χ0) is 55.0. The average molecular weight is 1070 g/mol. The van der Waals surface area contributed by atoms with Gasteiger partial charge in [0, 0.05) is 19.3 Å². The first kappa shape index (κ1) is 73.6. The summed E-state index contributed by atoms with van der Waals surface area (Å²) >= 11 is 0. The molecule has 6 heteroatoms. The van der Waals surface area contributed by atoms with Crippen LogP contribution in [0.2, 0.25) is 0 Å². The zero-order valence-corrected chi connectivity index (χ0v) is 51.3. The summed E-state index contributed by atoms with van der Waals surface area (Å²) in [6, 6.07) is 0. The van der Waals surface area contributed by atoms with Crippen LogP contribution < -0.4 is 0 Å². The maximum Gasteiger partial charge on any atom is 0.306 e. The predicted molar refractivity (Wildman–Crippen MR) is 330 cm³/mol. The molecule has 0 aromatic rings. The van der Waals surface area contributed by atoms with Crippen LogP contribution in [-0.2, 0) is 28.6 Å². The van der Waals surface area contributed by atoms with Crippen molar-refractivity contribution in [3.63, 3.8) is 0 Å². The standard InChI is InChI=1S/C70H130O6/c1-4-7-10-13-16-19-22-25-28-29-30-31-32-33-34-35-36-37-38-39-40-41-43-45-48-51-54-57-60-63-69(72)75-66-67(65-74-68(71)62-59-56-53-50-47-44-27-24-21-18-15-12-9-6-3)76-70(73)64-61-58-55-52-49-46-42-26-23-20-17-14-11-8-5-2/h15,18,24,26-27,42,67H,4-14,16-17,19-23,25,28-41,43-66H2,1-3H3/b18-15-,27-24-,42-26-. The van der Waals surface area contributed by atoms with Crippen LogP contribution in [0.4, 0.5) is 0 Å². The predicted octanol–water partition coefficient (Wildman–Crippen LogP) is 23.2. The molecule has 1 unspecified atom stereocenters. The maximum absolute atomic E-state index is 12.9. The van der Waals surface area contributed by atoms with E-state index >= 15 is 0 Å². The highest BCUT2D eigenvalue weighted by Crippen LogP contribution is 2.18. The van der Waals surface area contributed by atoms with E-state index in [2.05, 4.69) is 57.2 Å². The zero-order valence-electron chi connectivity index (χ0n) is 51.3. The van der Waals surface area contributed by atoms with Crippen molar-refractivity contribution in [1.82, 2.24) is 0 Å². The molecule has 0 radical (unpaired) electrons. The number of esters is 3. The summed E-state index contributed by atoms with van der Waals surface area (Å²) < 4.78 is 16.9. The third kappa shape index (κ3) is 62.5. The average Bonchev–Trinajstić information content (AvgIpc) is 3.42. The molecule has 76 heavy (non-hydrogen) atoms. The summed E-state index contributed by atoms with van der Waals surface area (Å²) in [6.45, 7) is 6.64. The van der Waals surface area contributed by atoms with Gasteiger partial charge in [-0.2, -0.15) is 0 Å². The van der Waals surface area contributed by atoms with Gasteiger partial charge in [-0.25, -0.2) is 0 Å². The number of unbranched alkanes of at least 4 members (excludes halogenated alkanes) is 46. The van der Waals surface area contributed by atoms with Crippen LogP contribution >= 0.6 is 0 Å². The molecular formula is C70H130O6. The highest BCUT2D eigenvalue weighted by Gasteiger charge is 2.19. The Morgan fingerprint density at radius 3 is 0.776 bits per heavy atom. The van der Waals surface area contributed by atoms with E-state index in [1.165, 1.54) is 250 Å². The van der Waals surface area contributed by atoms with Crippen molar-refractivity contribution < 1.29 is 28.6 Å².